The lowest BCUT2D eigenvalue weighted by molar-refractivity contribution is 1.37. The highest BCUT2D eigenvalue weighted by Gasteiger charge is 2.06. The molecule has 2 rings (SSSR count). The zero-order valence-corrected chi connectivity index (χ0v) is 9.88. The quantitative estimate of drug-likeness (QED) is 0.501. The number of rotatable bonds is 2. The van der Waals surface area contributed by atoms with Crippen molar-refractivity contribution in [1.29, 1.82) is 0 Å². The zero-order chi connectivity index (χ0) is 12.1. The molecule has 86 valence electrons. The molecule has 2 N–H and O–H groups in total. The Balaban J connectivity index is 2.21. The van der Waals surface area contributed by atoms with Crippen LogP contribution < -0.4 is 10.2 Å². The first kappa shape index (κ1) is 11.5. The Labute approximate surface area is 105 Å². The molecule has 0 saturated carbocycles. The Morgan fingerprint density at radius 3 is 2.06 bits per heavy atom. The molecular weight excluding hydrogens is 234 g/mol. The minimum absolute atomic E-state index is 0.240. The van der Waals surface area contributed by atoms with E-state index in [9.17, 15) is 0 Å². The van der Waals surface area contributed by atoms with Crippen molar-refractivity contribution in [3.63, 3.8) is 0 Å². The average Bonchev–Trinajstić information content (AvgIpc) is 2.40. The van der Waals surface area contributed by atoms with Gasteiger partial charge in [0, 0.05) is 11.8 Å². The van der Waals surface area contributed by atoms with Crippen molar-refractivity contribution in [2.24, 2.45) is 10.7 Å². The van der Waals surface area contributed by atoms with Crippen LogP contribution in [0.25, 0.3) is 0 Å². The summed E-state index contributed by atoms with van der Waals surface area (Å²) in [7, 11) is 0. The van der Waals surface area contributed by atoms with Gasteiger partial charge in [0.25, 0.3) is 0 Å². The normalized spacial score (nSPS) is 11.2. The SMILES string of the molecule is NC(=Nc1ccccc1)N(Cl)c1ccccc1. The van der Waals surface area contributed by atoms with Crippen LogP contribution in [-0.4, -0.2) is 5.96 Å². The van der Waals surface area contributed by atoms with Crippen molar-refractivity contribution in [2.75, 3.05) is 4.42 Å². The highest BCUT2D eigenvalue weighted by Crippen LogP contribution is 2.17. The number of benzene rings is 2. The maximum absolute atomic E-state index is 6.08. The van der Waals surface area contributed by atoms with Gasteiger partial charge in [-0.1, -0.05) is 36.4 Å². The van der Waals surface area contributed by atoms with Gasteiger partial charge in [0.1, 0.15) is 0 Å². The summed E-state index contributed by atoms with van der Waals surface area (Å²) in [5.41, 5.74) is 7.38. The van der Waals surface area contributed by atoms with Crippen LogP contribution in [0.5, 0.6) is 0 Å². The third kappa shape index (κ3) is 2.98. The molecular formula is C13H12ClN3. The summed E-state index contributed by atoms with van der Waals surface area (Å²) in [5.74, 6) is 0.240. The number of nitrogens with zero attached hydrogens (tertiary/aromatic N) is 2. The number of aliphatic imine (C=N–C) groups is 1. The molecule has 0 fully saturated rings. The van der Waals surface area contributed by atoms with E-state index in [2.05, 4.69) is 4.99 Å². The van der Waals surface area contributed by atoms with E-state index in [-0.39, 0.29) is 5.96 Å². The van der Waals surface area contributed by atoms with Crippen LogP contribution in [0.1, 0.15) is 0 Å². The highest BCUT2D eigenvalue weighted by molar-refractivity contribution is 6.37. The molecule has 0 aliphatic carbocycles. The van der Waals surface area contributed by atoms with E-state index in [0.29, 0.717) is 0 Å². The molecule has 0 spiro atoms. The van der Waals surface area contributed by atoms with E-state index in [1.165, 1.54) is 4.42 Å². The molecule has 0 radical (unpaired) electrons. The minimum atomic E-state index is 0.240. The van der Waals surface area contributed by atoms with Crippen LogP contribution in [0.4, 0.5) is 11.4 Å². The summed E-state index contributed by atoms with van der Waals surface area (Å²) >= 11 is 6.08. The third-order valence-corrected chi connectivity index (χ3v) is 2.55. The van der Waals surface area contributed by atoms with E-state index < -0.39 is 0 Å². The minimum Gasteiger partial charge on any atom is -0.368 e. The first-order valence-electron chi connectivity index (χ1n) is 5.17. The summed E-state index contributed by atoms with van der Waals surface area (Å²) in [4.78, 5) is 4.22. The fourth-order valence-electron chi connectivity index (χ4n) is 1.37. The summed E-state index contributed by atoms with van der Waals surface area (Å²) in [5, 5.41) is 0. The van der Waals surface area contributed by atoms with Gasteiger partial charge in [0.2, 0.25) is 5.96 Å². The van der Waals surface area contributed by atoms with Crippen LogP contribution in [-0.2, 0) is 0 Å². The van der Waals surface area contributed by atoms with Crippen molar-refractivity contribution in [3.05, 3.63) is 60.7 Å². The van der Waals surface area contributed by atoms with Crippen LogP contribution in [0.2, 0.25) is 0 Å². The number of guanidine groups is 1. The van der Waals surface area contributed by atoms with Gasteiger partial charge in [-0.2, -0.15) is 0 Å². The van der Waals surface area contributed by atoms with Crippen molar-refractivity contribution in [2.45, 2.75) is 0 Å². The first-order valence-corrected chi connectivity index (χ1v) is 5.51. The topological polar surface area (TPSA) is 41.6 Å². The van der Waals surface area contributed by atoms with Gasteiger partial charge in [0.05, 0.1) is 11.4 Å². The summed E-state index contributed by atoms with van der Waals surface area (Å²) in [6.07, 6.45) is 0. The van der Waals surface area contributed by atoms with Gasteiger partial charge in [0.15, 0.2) is 0 Å². The van der Waals surface area contributed by atoms with Gasteiger partial charge in [-0.05, 0) is 24.3 Å². The molecule has 0 saturated heterocycles. The molecule has 4 heteroatoms. The van der Waals surface area contributed by atoms with Gasteiger partial charge < -0.3 is 5.73 Å². The standard InChI is InChI=1S/C13H12ClN3/c14-17(12-9-5-2-6-10-12)13(15)16-11-7-3-1-4-8-11/h1-10H,(H2,15,16). The van der Waals surface area contributed by atoms with E-state index >= 15 is 0 Å². The van der Waals surface area contributed by atoms with Crippen molar-refractivity contribution in [3.8, 4) is 0 Å². The van der Waals surface area contributed by atoms with Crippen molar-refractivity contribution in [1.82, 2.24) is 0 Å². The lowest BCUT2D eigenvalue weighted by atomic mass is 10.3. The highest BCUT2D eigenvalue weighted by atomic mass is 35.5. The predicted molar refractivity (Wildman–Crippen MR) is 72.5 cm³/mol. The number of nitrogens with two attached hydrogens (primary N) is 1. The second-order valence-electron chi connectivity index (χ2n) is 3.42. The number of para-hydroxylation sites is 2. The molecule has 0 aliphatic heterocycles. The van der Waals surface area contributed by atoms with Crippen molar-refractivity contribution < 1.29 is 0 Å². The smallest absolute Gasteiger partial charge is 0.216 e. The average molecular weight is 246 g/mol. The van der Waals surface area contributed by atoms with Crippen LogP contribution in [0.15, 0.2) is 65.7 Å². The molecule has 0 heterocycles. The molecule has 0 aliphatic rings. The predicted octanol–water partition coefficient (Wildman–Crippen LogP) is 3.29. The van der Waals surface area contributed by atoms with Crippen LogP contribution in [0.3, 0.4) is 0 Å². The fourth-order valence-corrected chi connectivity index (χ4v) is 1.52. The lowest BCUT2D eigenvalue weighted by Crippen LogP contribution is -2.29. The first-order chi connectivity index (χ1) is 8.27. The largest absolute Gasteiger partial charge is 0.368 e. The van der Waals surface area contributed by atoms with Crippen molar-refractivity contribution >= 4 is 29.1 Å². The molecule has 0 atom stereocenters. The maximum Gasteiger partial charge on any atom is 0.216 e. The van der Waals surface area contributed by atoms with Crippen LogP contribution >= 0.6 is 11.8 Å². The Morgan fingerprint density at radius 2 is 1.47 bits per heavy atom. The Hall–Kier alpha value is -2.00. The molecule has 3 nitrogen and oxygen atoms in total. The van der Waals surface area contributed by atoms with E-state index in [4.69, 9.17) is 17.5 Å². The molecule has 0 unspecified atom stereocenters. The number of hydrogen-bond donors (Lipinski definition) is 1. The molecule has 0 bridgehead atoms. The lowest BCUT2D eigenvalue weighted by Gasteiger charge is -2.14. The van der Waals surface area contributed by atoms with Gasteiger partial charge in [-0.15, -0.1) is 0 Å². The van der Waals surface area contributed by atoms with E-state index in [0.717, 1.165) is 11.4 Å². The maximum atomic E-state index is 6.08. The number of halogens is 1. The van der Waals surface area contributed by atoms with E-state index in [1.807, 2.05) is 60.7 Å². The van der Waals surface area contributed by atoms with E-state index in [1.54, 1.807) is 0 Å². The molecule has 0 amide bonds. The molecule has 17 heavy (non-hydrogen) atoms. The molecule has 0 aromatic heterocycles. The Morgan fingerprint density at radius 1 is 0.941 bits per heavy atom. The number of anilines is 1. The second kappa shape index (κ2) is 5.37. The van der Waals surface area contributed by atoms with Crippen LogP contribution in [0, 0.1) is 0 Å². The Kier molecular flexibility index (Phi) is 3.62. The number of hydrogen-bond acceptors (Lipinski definition) is 1. The van der Waals surface area contributed by atoms with Gasteiger partial charge >= 0.3 is 0 Å². The molecule has 2 aromatic rings. The summed E-state index contributed by atoms with van der Waals surface area (Å²) < 4.78 is 1.33. The monoisotopic (exact) mass is 245 g/mol. The second-order valence-corrected chi connectivity index (χ2v) is 3.76. The fraction of sp³-hybridized carbons (Fsp3) is 0. The van der Waals surface area contributed by atoms with Gasteiger partial charge in [-0.3, -0.25) is 0 Å². The zero-order valence-electron chi connectivity index (χ0n) is 9.12. The Bertz CT molecular complexity index is 497. The van der Waals surface area contributed by atoms with Gasteiger partial charge in [-0.25, -0.2) is 9.41 Å². The third-order valence-electron chi connectivity index (χ3n) is 2.18. The molecule has 2 aromatic carbocycles. The summed E-state index contributed by atoms with van der Waals surface area (Å²) in [6.45, 7) is 0. The summed E-state index contributed by atoms with van der Waals surface area (Å²) in [6, 6.07) is 18.9.